The van der Waals surface area contributed by atoms with Crippen LogP contribution in [0.3, 0.4) is 0 Å². The van der Waals surface area contributed by atoms with Gasteiger partial charge in [0.1, 0.15) is 0 Å². The summed E-state index contributed by atoms with van der Waals surface area (Å²) in [5.41, 5.74) is 0. The van der Waals surface area contributed by atoms with Gasteiger partial charge in [-0.05, 0) is 18.3 Å². The average Bonchev–Trinajstić information content (AvgIpc) is 2.92. The monoisotopic (exact) mass is 235 g/mol. The summed E-state index contributed by atoms with van der Waals surface area (Å²) in [6, 6.07) is 0. The first-order valence-electron chi connectivity index (χ1n) is 5.85. The molecule has 1 N–H and O–H groups in total. The molecule has 3 aliphatic rings. The third-order valence-electron chi connectivity index (χ3n) is 4.11. The van der Waals surface area contributed by atoms with E-state index in [1.807, 2.05) is 12.2 Å². The summed E-state index contributed by atoms with van der Waals surface area (Å²) < 4.78 is 0. The van der Waals surface area contributed by atoms with Gasteiger partial charge in [0.15, 0.2) is 0 Å². The summed E-state index contributed by atoms with van der Waals surface area (Å²) in [6.07, 6.45) is 4.79. The number of carbonyl (C=O) groups excluding carboxylic acids is 2. The maximum Gasteiger partial charge on any atom is 0.305 e. The first-order valence-corrected chi connectivity index (χ1v) is 5.85. The first-order chi connectivity index (χ1) is 8.09. The molecule has 3 rings (SSSR count). The number of nitrogens with zero attached hydrogens (tertiary/aromatic N) is 1. The summed E-state index contributed by atoms with van der Waals surface area (Å²) in [5.74, 6) is -1.37. The number of aliphatic carboxylic acids is 1. The quantitative estimate of drug-likeness (QED) is 0.562. The van der Waals surface area contributed by atoms with Crippen molar-refractivity contribution >= 4 is 17.8 Å². The van der Waals surface area contributed by atoms with E-state index < -0.39 is 5.97 Å². The van der Waals surface area contributed by atoms with E-state index in [0.717, 1.165) is 11.3 Å². The van der Waals surface area contributed by atoms with E-state index >= 15 is 0 Å². The highest BCUT2D eigenvalue weighted by atomic mass is 16.4. The fourth-order valence-corrected chi connectivity index (χ4v) is 3.39. The van der Waals surface area contributed by atoms with E-state index in [4.69, 9.17) is 5.11 Å². The second kappa shape index (κ2) is 3.42. The number of carboxylic acids is 1. The molecule has 0 radical (unpaired) electrons. The first kappa shape index (κ1) is 10.5. The Morgan fingerprint density at radius 3 is 2.24 bits per heavy atom. The van der Waals surface area contributed by atoms with Crippen molar-refractivity contribution in [3.05, 3.63) is 12.2 Å². The van der Waals surface area contributed by atoms with E-state index in [0.29, 0.717) is 0 Å². The minimum Gasteiger partial charge on any atom is -0.481 e. The SMILES string of the molecule is O=C(O)CCN1C(=O)[C@@H]2[C@H](C1=O)[C@H]1C=C[C@H]2C1. The van der Waals surface area contributed by atoms with Crippen molar-refractivity contribution in [1.29, 1.82) is 0 Å². The van der Waals surface area contributed by atoms with Crippen molar-refractivity contribution < 1.29 is 19.5 Å². The number of likely N-dealkylation sites (tertiary alicyclic amines) is 1. The van der Waals surface area contributed by atoms with E-state index in [1.165, 1.54) is 0 Å². The van der Waals surface area contributed by atoms with Gasteiger partial charge in [-0.15, -0.1) is 0 Å². The third kappa shape index (κ3) is 1.34. The summed E-state index contributed by atoms with van der Waals surface area (Å²) in [5, 5.41) is 8.60. The second-order valence-electron chi connectivity index (χ2n) is 4.97. The van der Waals surface area contributed by atoms with E-state index in [9.17, 15) is 14.4 Å². The highest BCUT2D eigenvalue weighted by Crippen LogP contribution is 2.52. The molecule has 5 heteroatoms. The van der Waals surface area contributed by atoms with Crippen LogP contribution in [-0.4, -0.2) is 34.3 Å². The minimum absolute atomic E-state index is 0.0133. The smallest absolute Gasteiger partial charge is 0.305 e. The number of carbonyl (C=O) groups is 3. The van der Waals surface area contributed by atoms with Crippen LogP contribution in [-0.2, 0) is 14.4 Å². The Kier molecular flexibility index (Phi) is 2.11. The molecule has 0 unspecified atom stereocenters. The van der Waals surface area contributed by atoms with Crippen LogP contribution in [0.2, 0.25) is 0 Å². The standard InChI is InChI=1S/C12H13NO4/c14-8(15)3-4-13-11(16)9-6-1-2-7(5-6)10(9)12(13)17/h1-2,6-7,9-10H,3-5H2,(H,14,15)/t6-,7-,9-,10+/m0/s1. The molecule has 2 bridgehead atoms. The lowest BCUT2D eigenvalue weighted by Crippen LogP contribution is -2.34. The summed E-state index contributed by atoms with van der Waals surface area (Å²) in [7, 11) is 0. The minimum atomic E-state index is -0.983. The van der Waals surface area contributed by atoms with Gasteiger partial charge in [-0.2, -0.15) is 0 Å². The van der Waals surface area contributed by atoms with Crippen molar-refractivity contribution in [3.8, 4) is 0 Å². The molecule has 2 fully saturated rings. The molecule has 5 nitrogen and oxygen atoms in total. The Labute approximate surface area is 98.1 Å². The van der Waals surface area contributed by atoms with Crippen LogP contribution in [0.5, 0.6) is 0 Å². The van der Waals surface area contributed by atoms with Gasteiger partial charge in [0.25, 0.3) is 0 Å². The molecule has 1 aliphatic heterocycles. The molecular weight excluding hydrogens is 222 g/mol. The van der Waals surface area contributed by atoms with Gasteiger partial charge >= 0.3 is 5.97 Å². The predicted octanol–water partition coefficient (Wildman–Crippen LogP) is 0.268. The lowest BCUT2D eigenvalue weighted by molar-refractivity contribution is -0.142. The van der Waals surface area contributed by atoms with E-state index in [-0.39, 0.29) is 48.5 Å². The number of fused-ring (bicyclic) bond motifs is 5. The number of imide groups is 1. The summed E-state index contributed by atoms with van der Waals surface area (Å²) >= 11 is 0. The Hall–Kier alpha value is -1.65. The maximum atomic E-state index is 12.1. The van der Waals surface area contributed by atoms with Crippen LogP contribution in [0.4, 0.5) is 0 Å². The number of hydrogen-bond donors (Lipinski definition) is 1. The van der Waals surface area contributed by atoms with Crippen molar-refractivity contribution in [2.75, 3.05) is 6.54 Å². The van der Waals surface area contributed by atoms with E-state index in [2.05, 4.69) is 0 Å². The van der Waals surface area contributed by atoms with Gasteiger partial charge in [0, 0.05) is 6.54 Å². The van der Waals surface area contributed by atoms with Gasteiger partial charge in [-0.25, -0.2) is 0 Å². The molecule has 2 aliphatic carbocycles. The Morgan fingerprint density at radius 2 is 1.76 bits per heavy atom. The fraction of sp³-hybridized carbons (Fsp3) is 0.583. The fourth-order valence-electron chi connectivity index (χ4n) is 3.39. The lowest BCUT2D eigenvalue weighted by atomic mass is 9.85. The third-order valence-corrected chi connectivity index (χ3v) is 4.11. The van der Waals surface area contributed by atoms with Crippen molar-refractivity contribution in [2.24, 2.45) is 23.7 Å². The van der Waals surface area contributed by atoms with Crippen molar-refractivity contribution in [2.45, 2.75) is 12.8 Å². The van der Waals surface area contributed by atoms with Crippen molar-refractivity contribution in [1.82, 2.24) is 4.90 Å². The normalized spacial score (nSPS) is 38.0. The lowest BCUT2D eigenvalue weighted by Gasteiger charge is -2.15. The number of hydrogen-bond acceptors (Lipinski definition) is 3. The summed E-state index contributed by atoms with van der Waals surface area (Å²) in [6.45, 7) is 0.0133. The van der Waals surface area contributed by atoms with Crippen LogP contribution < -0.4 is 0 Å². The van der Waals surface area contributed by atoms with E-state index in [1.54, 1.807) is 0 Å². The molecule has 0 aromatic heterocycles. The zero-order valence-corrected chi connectivity index (χ0v) is 9.20. The molecule has 0 aromatic rings. The van der Waals surface area contributed by atoms with Crippen LogP contribution >= 0.6 is 0 Å². The van der Waals surface area contributed by atoms with Crippen LogP contribution in [0, 0.1) is 23.7 Å². The summed E-state index contributed by atoms with van der Waals surface area (Å²) in [4.78, 5) is 35.8. The topological polar surface area (TPSA) is 74.7 Å². The van der Waals surface area contributed by atoms with Crippen LogP contribution in [0.15, 0.2) is 12.2 Å². The zero-order chi connectivity index (χ0) is 12.2. The molecule has 90 valence electrons. The largest absolute Gasteiger partial charge is 0.481 e. The Bertz CT molecular complexity index is 412. The van der Waals surface area contributed by atoms with Gasteiger partial charge < -0.3 is 5.11 Å². The molecule has 17 heavy (non-hydrogen) atoms. The Balaban J connectivity index is 1.80. The van der Waals surface area contributed by atoms with Gasteiger partial charge in [-0.3, -0.25) is 19.3 Å². The highest BCUT2D eigenvalue weighted by Gasteiger charge is 2.58. The zero-order valence-electron chi connectivity index (χ0n) is 9.20. The van der Waals surface area contributed by atoms with Crippen LogP contribution in [0.25, 0.3) is 0 Å². The molecule has 0 spiro atoms. The number of allylic oxidation sites excluding steroid dienone is 2. The molecule has 4 atom stereocenters. The van der Waals surface area contributed by atoms with Crippen molar-refractivity contribution in [3.63, 3.8) is 0 Å². The Morgan fingerprint density at radius 1 is 1.24 bits per heavy atom. The molecular formula is C12H13NO4. The molecule has 1 heterocycles. The second-order valence-corrected chi connectivity index (χ2v) is 4.97. The molecule has 1 saturated heterocycles. The highest BCUT2D eigenvalue weighted by molar-refractivity contribution is 6.06. The van der Waals surface area contributed by atoms with Gasteiger partial charge in [0.2, 0.25) is 11.8 Å². The number of amides is 2. The number of carboxylic acid groups (broad SMARTS) is 1. The van der Waals surface area contributed by atoms with Crippen LogP contribution in [0.1, 0.15) is 12.8 Å². The average molecular weight is 235 g/mol. The molecule has 0 aromatic carbocycles. The maximum absolute atomic E-state index is 12.1. The number of rotatable bonds is 3. The molecule has 1 saturated carbocycles. The van der Waals surface area contributed by atoms with Gasteiger partial charge in [0.05, 0.1) is 18.3 Å². The van der Waals surface area contributed by atoms with Gasteiger partial charge in [-0.1, -0.05) is 12.2 Å². The predicted molar refractivity (Wildman–Crippen MR) is 56.7 cm³/mol. The molecule has 2 amide bonds.